The standard InChI is InChI=1S/C17H17FN2O3/c1-3-23-15-8-7-12(9-16(15)22-2)11-19-20-17(21)13-5-4-6-14(18)10-13/h4-11H,3H2,1-2H3,(H,20,21). The van der Waals surface area contributed by atoms with Crippen LogP contribution in [0.25, 0.3) is 0 Å². The summed E-state index contributed by atoms with van der Waals surface area (Å²) in [4.78, 5) is 11.8. The van der Waals surface area contributed by atoms with Crippen LogP contribution < -0.4 is 14.9 Å². The molecule has 1 amide bonds. The number of hydrogen-bond donors (Lipinski definition) is 1. The van der Waals surface area contributed by atoms with Crippen molar-refractivity contribution in [2.24, 2.45) is 5.10 Å². The van der Waals surface area contributed by atoms with Gasteiger partial charge in [-0.1, -0.05) is 6.07 Å². The molecule has 0 fully saturated rings. The van der Waals surface area contributed by atoms with E-state index in [9.17, 15) is 9.18 Å². The molecule has 0 saturated heterocycles. The number of carbonyl (C=O) groups excluding carboxylic acids is 1. The third-order valence-electron chi connectivity index (χ3n) is 2.95. The van der Waals surface area contributed by atoms with Gasteiger partial charge in [0.2, 0.25) is 0 Å². The highest BCUT2D eigenvalue weighted by Gasteiger charge is 2.06. The summed E-state index contributed by atoms with van der Waals surface area (Å²) in [5, 5.41) is 3.86. The van der Waals surface area contributed by atoms with Crippen molar-refractivity contribution in [3.8, 4) is 11.5 Å². The largest absolute Gasteiger partial charge is 0.493 e. The highest BCUT2D eigenvalue weighted by molar-refractivity contribution is 5.94. The summed E-state index contributed by atoms with van der Waals surface area (Å²) in [6, 6.07) is 10.7. The summed E-state index contributed by atoms with van der Waals surface area (Å²) in [7, 11) is 1.55. The first-order valence-electron chi connectivity index (χ1n) is 7.04. The second kappa shape index (κ2) is 7.93. The van der Waals surface area contributed by atoms with E-state index in [4.69, 9.17) is 9.47 Å². The lowest BCUT2D eigenvalue weighted by Crippen LogP contribution is -2.17. The third kappa shape index (κ3) is 4.54. The van der Waals surface area contributed by atoms with Crippen LogP contribution in [0.15, 0.2) is 47.6 Å². The van der Waals surface area contributed by atoms with Crippen LogP contribution in [0.1, 0.15) is 22.8 Å². The van der Waals surface area contributed by atoms with E-state index in [0.29, 0.717) is 18.1 Å². The molecule has 0 unspecified atom stereocenters. The van der Waals surface area contributed by atoms with Crippen LogP contribution >= 0.6 is 0 Å². The van der Waals surface area contributed by atoms with E-state index in [-0.39, 0.29) is 5.56 Å². The molecule has 0 bridgehead atoms. The number of methoxy groups -OCH3 is 1. The van der Waals surface area contributed by atoms with Crippen molar-refractivity contribution in [2.45, 2.75) is 6.92 Å². The number of rotatable bonds is 6. The van der Waals surface area contributed by atoms with Gasteiger partial charge in [-0.3, -0.25) is 4.79 Å². The highest BCUT2D eigenvalue weighted by atomic mass is 19.1. The Balaban J connectivity index is 2.04. The smallest absolute Gasteiger partial charge is 0.271 e. The van der Waals surface area contributed by atoms with Gasteiger partial charge >= 0.3 is 0 Å². The number of nitrogens with one attached hydrogen (secondary N) is 1. The summed E-state index contributed by atoms with van der Waals surface area (Å²) in [5.41, 5.74) is 3.27. The van der Waals surface area contributed by atoms with Gasteiger partial charge in [0, 0.05) is 5.56 Å². The second-order valence-electron chi connectivity index (χ2n) is 4.55. The number of hydrogen-bond acceptors (Lipinski definition) is 4. The van der Waals surface area contributed by atoms with Crippen LogP contribution in [0, 0.1) is 5.82 Å². The number of ether oxygens (including phenoxy) is 2. The molecule has 0 aromatic heterocycles. The second-order valence-corrected chi connectivity index (χ2v) is 4.55. The third-order valence-corrected chi connectivity index (χ3v) is 2.95. The SMILES string of the molecule is CCOc1ccc(C=NNC(=O)c2cccc(F)c2)cc1OC. The quantitative estimate of drug-likeness (QED) is 0.658. The van der Waals surface area contributed by atoms with Gasteiger partial charge in [-0.2, -0.15) is 5.10 Å². The molecule has 0 heterocycles. The zero-order chi connectivity index (χ0) is 16.7. The molecule has 0 aliphatic carbocycles. The summed E-state index contributed by atoms with van der Waals surface area (Å²) in [5.74, 6) is 0.250. The minimum absolute atomic E-state index is 0.200. The summed E-state index contributed by atoms with van der Waals surface area (Å²) in [6.45, 7) is 2.42. The zero-order valence-corrected chi connectivity index (χ0v) is 12.9. The molecule has 0 atom stereocenters. The van der Waals surface area contributed by atoms with Gasteiger partial charge in [0.15, 0.2) is 11.5 Å². The number of halogens is 1. The molecule has 0 saturated carbocycles. The zero-order valence-electron chi connectivity index (χ0n) is 12.9. The molecular formula is C17H17FN2O3. The first-order chi connectivity index (χ1) is 11.1. The Morgan fingerprint density at radius 1 is 1.26 bits per heavy atom. The van der Waals surface area contributed by atoms with Gasteiger partial charge in [-0.15, -0.1) is 0 Å². The Labute approximate surface area is 133 Å². The number of amides is 1. The molecule has 1 N–H and O–H groups in total. The van der Waals surface area contributed by atoms with E-state index in [2.05, 4.69) is 10.5 Å². The van der Waals surface area contributed by atoms with Gasteiger partial charge in [-0.25, -0.2) is 9.82 Å². The maximum absolute atomic E-state index is 13.1. The number of hydrazone groups is 1. The Bertz CT molecular complexity index is 717. The lowest BCUT2D eigenvalue weighted by atomic mass is 10.2. The molecule has 2 aromatic carbocycles. The summed E-state index contributed by atoms with van der Waals surface area (Å²) in [6.07, 6.45) is 1.47. The van der Waals surface area contributed by atoms with E-state index >= 15 is 0 Å². The predicted octanol–water partition coefficient (Wildman–Crippen LogP) is 3.00. The van der Waals surface area contributed by atoms with Gasteiger partial charge in [0.25, 0.3) is 5.91 Å². The monoisotopic (exact) mass is 316 g/mol. The van der Waals surface area contributed by atoms with Crippen LogP contribution in [0.5, 0.6) is 11.5 Å². The normalized spacial score (nSPS) is 10.6. The molecule has 120 valence electrons. The molecular weight excluding hydrogens is 299 g/mol. The predicted molar refractivity (Wildman–Crippen MR) is 85.6 cm³/mol. The number of carbonyl (C=O) groups is 1. The van der Waals surface area contributed by atoms with Crippen molar-refractivity contribution >= 4 is 12.1 Å². The molecule has 0 spiro atoms. The van der Waals surface area contributed by atoms with E-state index in [1.165, 1.54) is 24.4 Å². The molecule has 23 heavy (non-hydrogen) atoms. The maximum Gasteiger partial charge on any atom is 0.271 e. The Hall–Kier alpha value is -2.89. The van der Waals surface area contributed by atoms with Gasteiger partial charge in [-0.05, 0) is 48.9 Å². The average molecular weight is 316 g/mol. The molecule has 5 nitrogen and oxygen atoms in total. The Morgan fingerprint density at radius 3 is 2.78 bits per heavy atom. The summed E-state index contributed by atoms with van der Waals surface area (Å²) >= 11 is 0. The van der Waals surface area contributed by atoms with Crippen molar-refractivity contribution in [1.29, 1.82) is 0 Å². The molecule has 0 radical (unpaired) electrons. The number of nitrogens with zero attached hydrogens (tertiary/aromatic N) is 1. The van der Waals surface area contributed by atoms with E-state index < -0.39 is 11.7 Å². The van der Waals surface area contributed by atoms with Gasteiger partial charge < -0.3 is 9.47 Å². The Kier molecular flexibility index (Phi) is 5.68. The first-order valence-corrected chi connectivity index (χ1v) is 7.04. The van der Waals surface area contributed by atoms with Gasteiger partial charge in [0.1, 0.15) is 5.82 Å². The molecule has 2 rings (SSSR count). The van der Waals surface area contributed by atoms with Crippen molar-refractivity contribution < 1.29 is 18.7 Å². The maximum atomic E-state index is 13.1. The first kappa shape index (κ1) is 16.5. The van der Waals surface area contributed by atoms with Crippen LogP contribution in [0.4, 0.5) is 4.39 Å². The lowest BCUT2D eigenvalue weighted by Gasteiger charge is -2.09. The fourth-order valence-corrected chi connectivity index (χ4v) is 1.90. The molecule has 6 heteroatoms. The Morgan fingerprint density at radius 2 is 2.09 bits per heavy atom. The van der Waals surface area contributed by atoms with Crippen LogP contribution in [0.3, 0.4) is 0 Å². The van der Waals surface area contributed by atoms with Crippen LogP contribution in [-0.2, 0) is 0 Å². The highest BCUT2D eigenvalue weighted by Crippen LogP contribution is 2.27. The van der Waals surface area contributed by atoms with E-state index in [1.807, 2.05) is 6.92 Å². The fourth-order valence-electron chi connectivity index (χ4n) is 1.90. The minimum Gasteiger partial charge on any atom is -0.493 e. The van der Waals surface area contributed by atoms with Gasteiger partial charge in [0.05, 0.1) is 19.9 Å². The summed E-state index contributed by atoms with van der Waals surface area (Å²) < 4.78 is 23.7. The van der Waals surface area contributed by atoms with Crippen molar-refractivity contribution in [1.82, 2.24) is 5.43 Å². The number of benzene rings is 2. The molecule has 2 aromatic rings. The molecule has 0 aliphatic heterocycles. The topological polar surface area (TPSA) is 59.9 Å². The minimum atomic E-state index is -0.487. The lowest BCUT2D eigenvalue weighted by molar-refractivity contribution is 0.0954. The van der Waals surface area contributed by atoms with Crippen molar-refractivity contribution in [2.75, 3.05) is 13.7 Å². The fraction of sp³-hybridized carbons (Fsp3) is 0.176. The van der Waals surface area contributed by atoms with Crippen molar-refractivity contribution in [3.63, 3.8) is 0 Å². The van der Waals surface area contributed by atoms with Crippen LogP contribution in [-0.4, -0.2) is 25.8 Å². The van der Waals surface area contributed by atoms with E-state index in [1.54, 1.807) is 25.3 Å². The van der Waals surface area contributed by atoms with Crippen molar-refractivity contribution in [3.05, 3.63) is 59.4 Å². The van der Waals surface area contributed by atoms with E-state index in [0.717, 1.165) is 11.6 Å². The van der Waals surface area contributed by atoms with Crippen LogP contribution in [0.2, 0.25) is 0 Å². The molecule has 0 aliphatic rings. The average Bonchev–Trinajstić information content (AvgIpc) is 2.56.